The molecule has 0 aliphatic heterocycles. The van der Waals surface area contributed by atoms with E-state index in [1.54, 1.807) is 0 Å². The second-order valence-corrected chi connectivity index (χ2v) is 6.18. The average Bonchev–Trinajstić information content (AvgIpc) is 2.38. The number of hydrogen-bond donors (Lipinski definition) is 2. The molecule has 3 N–H and O–H groups in total. The van der Waals surface area contributed by atoms with Gasteiger partial charge in [0.1, 0.15) is 4.90 Å². The summed E-state index contributed by atoms with van der Waals surface area (Å²) in [4.78, 5) is 7.55. The molecular weight excluding hydrogens is 270 g/mol. The Morgan fingerprint density at radius 2 is 2.00 bits per heavy atom. The summed E-state index contributed by atoms with van der Waals surface area (Å²) < 4.78 is 30.8. The van der Waals surface area contributed by atoms with Gasteiger partial charge in [-0.05, 0) is 13.8 Å². The molecule has 1 aromatic rings. The number of rotatable bonds is 7. The van der Waals surface area contributed by atoms with E-state index in [1.807, 2.05) is 13.8 Å². The average molecular weight is 289 g/mol. The SMILES string of the molecule is CC(C)OCCN(C)S(=O)(=O)c1cnc(NN)nc1. The smallest absolute Gasteiger partial charge is 0.245 e. The molecule has 1 aromatic heterocycles. The molecule has 0 spiro atoms. The number of hydrogen-bond acceptors (Lipinski definition) is 7. The molecule has 0 fully saturated rings. The third-order valence-electron chi connectivity index (χ3n) is 2.32. The van der Waals surface area contributed by atoms with E-state index >= 15 is 0 Å². The van der Waals surface area contributed by atoms with E-state index in [2.05, 4.69) is 15.4 Å². The zero-order valence-corrected chi connectivity index (χ0v) is 12.0. The third kappa shape index (κ3) is 4.39. The van der Waals surface area contributed by atoms with Gasteiger partial charge in [0.15, 0.2) is 0 Å². The first-order chi connectivity index (χ1) is 8.87. The fourth-order valence-electron chi connectivity index (χ4n) is 1.24. The van der Waals surface area contributed by atoms with Crippen molar-refractivity contribution in [3.8, 4) is 0 Å². The summed E-state index contributed by atoms with van der Waals surface area (Å²) in [5, 5.41) is 0. The van der Waals surface area contributed by atoms with E-state index in [0.29, 0.717) is 6.61 Å². The van der Waals surface area contributed by atoms with Crippen molar-refractivity contribution in [1.82, 2.24) is 14.3 Å². The van der Waals surface area contributed by atoms with Crippen molar-refractivity contribution in [2.75, 3.05) is 25.6 Å². The molecule has 0 aliphatic carbocycles. The molecule has 0 aliphatic rings. The third-order valence-corrected chi connectivity index (χ3v) is 4.13. The van der Waals surface area contributed by atoms with Gasteiger partial charge in [-0.3, -0.25) is 5.43 Å². The summed E-state index contributed by atoms with van der Waals surface area (Å²) in [5.74, 6) is 5.27. The molecule has 0 amide bonds. The highest BCUT2D eigenvalue weighted by Gasteiger charge is 2.21. The molecule has 1 heterocycles. The Hall–Kier alpha value is -1.29. The van der Waals surface area contributed by atoms with Gasteiger partial charge in [-0.2, -0.15) is 4.31 Å². The Labute approximate surface area is 113 Å². The summed E-state index contributed by atoms with van der Waals surface area (Å²) in [5.41, 5.74) is 2.23. The van der Waals surface area contributed by atoms with Crippen LogP contribution in [0.1, 0.15) is 13.8 Å². The highest BCUT2D eigenvalue weighted by Crippen LogP contribution is 2.12. The predicted octanol–water partition coefficient (Wildman–Crippen LogP) is -0.192. The summed E-state index contributed by atoms with van der Waals surface area (Å²) in [6.45, 7) is 4.37. The van der Waals surface area contributed by atoms with Crippen LogP contribution in [-0.2, 0) is 14.8 Å². The summed E-state index contributed by atoms with van der Waals surface area (Å²) in [6.07, 6.45) is 2.48. The van der Waals surface area contributed by atoms with E-state index in [9.17, 15) is 8.42 Å². The predicted molar refractivity (Wildman–Crippen MR) is 70.7 cm³/mol. The number of nitrogens with zero attached hydrogens (tertiary/aromatic N) is 3. The van der Waals surface area contributed by atoms with E-state index in [-0.39, 0.29) is 23.5 Å². The molecule has 8 nitrogen and oxygen atoms in total. The lowest BCUT2D eigenvalue weighted by atomic mass is 10.5. The number of hydrazine groups is 1. The molecule has 9 heteroatoms. The van der Waals surface area contributed by atoms with Crippen LogP contribution in [0.2, 0.25) is 0 Å². The van der Waals surface area contributed by atoms with Crippen molar-refractivity contribution in [3.63, 3.8) is 0 Å². The van der Waals surface area contributed by atoms with Gasteiger partial charge < -0.3 is 4.74 Å². The maximum absolute atomic E-state index is 12.1. The van der Waals surface area contributed by atoms with Gasteiger partial charge in [0.2, 0.25) is 16.0 Å². The molecule has 108 valence electrons. The molecular formula is C10H19N5O3S. The van der Waals surface area contributed by atoms with Crippen LogP contribution in [-0.4, -0.2) is 49.0 Å². The van der Waals surface area contributed by atoms with Gasteiger partial charge >= 0.3 is 0 Å². The van der Waals surface area contributed by atoms with Gasteiger partial charge in [0.05, 0.1) is 25.1 Å². The van der Waals surface area contributed by atoms with Gasteiger partial charge in [0.25, 0.3) is 0 Å². The van der Waals surface area contributed by atoms with Crippen LogP contribution in [0.15, 0.2) is 17.3 Å². The lowest BCUT2D eigenvalue weighted by molar-refractivity contribution is 0.0737. The number of ether oxygens (including phenoxy) is 1. The summed E-state index contributed by atoms with van der Waals surface area (Å²) in [6, 6.07) is 0. The minimum Gasteiger partial charge on any atom is -0.377 e. The normalized spacial score (nSPS) is 12.1. The maximum atomic E-state index is 12.1. The van der Waals surface area contributed by atoms with Gasteiger partial charge in [-0.1, -0.05) is 0 Å². The first-order valence-corrected chi connectivity index (χ1v) is 7.18. The monoisotopic (exact) mass is 289 g/mol. The highest BCUT2D eigenvalue weighted by atomic mass is 32.2. The van der Waals surface area contributed by atoms with Crippen LogP contribution in [0.4, 0.5) is 5.95 Å². The Balaban J connectivity index is 2.72. The fourth-order valence-corrected chi connectivity index (χ4v) is 2.29. The number of anilines is 1. The second kappa shape index (κ2) is 6.75. The summed E-state index contributed by atoms with van der Waals surface area (Å²) >= 11 is 0. The molecule has 1 rings (SSSR count). The van der Waals surface area contributed by atoms with E-state index in [4.69, 9.17) is 10.6 Å². The van der Waals surface area contributed by atoms with Gasteiger partial charge in [0, 0.05) is 13.6 Å². The van der Waals surface area contributed by atoms with E-state index < -0.39 is 10.0 Å². The molecule has 0 aromatic carbocycles. The molecule has 19 heavy (non-hydrogen) atoms. The highest BCUT2D eigenvalue weighted by molar-refractivity contribution is 7.89. The molecule has 0 atom stereocenters. The Bertz CT molecular complexity index is 488. The number of sulfonamides is 1. The van der Waals surface area contributed by atoms with Crippen molar-refractivity contribution in [2.45, 2.75) is 24.8 Å². The first kappa shape index (κ1) is 15.8. The van der Waals surface area contributed by atoms with Crippen molar-refractivity contribution >= 4 is 16.0 Å². The van der Waals surface area contributed by atoms with E-state index in [1.165, 1.54) is 23.7 Å². The molecule has 0 saturated heterocycles. The number of nitrogens with two attached hydrogens (primary N) is 1. The number of likely N-dealkylation sites (N-methyl/N-ethyl adjacent to an activating group) is 1. The Morgan fingerprint density at radius 3 is 2.47 bits per heavy atom. The van der Waals surface area contributed by atoms with Crippen LogP contribution in [0, 0.1) is 0 Å². The van der Waals surface area contributed by atoms with Crippen molar-refractivity contribution in [3.05, 3.63) is 12.4 Å². The Kier molecular flexibility index (Phi) is 5.60. The minimum atomic E-state index is -3.60. The maximum Gasteiger partial charge on any atom is 0.245 e. The fraction of sp³-hybridized carbons (Fsp3) is 0.600. The van der Waals surface area contributed by atoms with Crippen LogP contribution >= 0.6 is 0 Å². The van der Waals surface area contributed by atoms with Crippen molar-refractivity contribution < 1.29 is 13.2 Å². The van der Waals surface area contributed by atoms with Crippen molar-refractivity contribution in [1.29, 1.82) is 0 Å². The lowest BCUT2D eigenvalue weighted by Gasteiger charge is -2.17. The van der Waals surface area contributed by atoms with Crippen LogP contribution in [0.3, 0.4) is 0 Å². The summed E-state index contributed by atoms with van der Waals surface area (Å²) in [7, 11) is -2.12. The lowest BCUT2D eigenvalue weighted by Crippen LogP contribution is -2.31. The second-order valence-electron chi connectivity index (χ2n) is 4.13. The van der Waals surface area contributed by atoms with Crippen LogP contribution < -0.4 is 11.3 Å². The number of nitrogens with one attached hydrogen (secondary N) is 1. The van der Waals surface area contributed by atoms with Crippen LogP contribution in [0.25, 0.3) is 0 Å². The minimum absolute atomic E-state index is 0.0125. The molecule has 0 unspecified atom stereocenters. The van der Waals surface area contributed by atoms with Crippen LogP contribution in [0.5, 0.6) is 0 Å². The largest absolute Gasteiger partial charge is 0.377 e. The number of nitrogen functional groups attached to an aromatic ring is 1. The van der Waals surface area contributed by atoms with Crippen molar-refractivity contribution in [2.24, 2.45) is 5.84 Å². The first-order valence-electron chi connectivity index (χ1n) is 5.74. The zero-order chi connectivity index (χ0) is 14.5. The van der Waals surface area contributed by atoms with E-state index in [0.717, 1.165) is 0 Å². The standard InChI is InChI=1S/C10H19N5O3S/c1-8(2)18-5-4-15(3)19(16,17)9-6-12-10(14-11)13-7-9/h6-8H,4-5,11H2,1-3H3,(H,12,13,14). The molecule has 0 radical (unpaired) electrons. The van der Waals surface area contributed by atoms with Gasteiger partial charge in [-0.25, -0.2) is 24.2 Å². The molecule has 0 saturated carbocycles. The number of aromatic nitrogens is 2. The Morgan fingerprint density at radius 1 is 1.42 bits per heavy atom. The topological polar surface area (TPSA) is 110 Å². The quantitative estimate of drug-likeness (QED) is 0.528. The molecule has 0 bridgehead atoms. The zero-order valence-electron chi connectivity index (χ0n) is 11.2. The van der Waals surface area contributed by atoms with Gasteiger partial charge in [-0.15, -0.1) is 0 Å².